The molecule has 2 rings (SSSR count). The molecule has 0 amide bonds. The first-order valence-electron chi connectivity index (χ1n) is 5.75. The normalized spacial score (nSPS) is 12.2. The van der Waals surface area contributed by atoms with E-state index in [0.717, 1.165) is 15.1 Å². The number of phenols is 1. The van der Waals surface area contributed by atoms with E-state index in [4.69, 9.17) is 5.11 Å². The molecule has 2 N–H and O–H groups in total. The Morgan fingerprint density at radius 3 is 2.42 bits per heavy atom. The Morgan fingerprint density at radius 2 is 1.74 bits per heavy atom. The van der Waals surface area contributed by atoms with Crippen LogP contribution in [0.25, 0.3) is 10.8 Å². The zero-order valence-electron chi connectivity index (χ0n) is 10.4. The first kappa shape index (κ1) is 13.8. The fourth-order valence-electron chi connectivity index (χ4n) is 1.81. The van der Waals surface area contributed by atoms with Gasteiger partial charge in [-0.1, -0.05) is 12.1 Å². The Hall–Kier alpha value is -1.63. The average molecular weight is 281 g/mol. The fraction of sp³-hybridized carbons (Fsp3) is 0.231. The van der Waals surface area contributed by atoms with Crippen LogP contribution < -0.4 is 0 Å². The van der Waals surface area contributed by atoms with Crippen LogP contribution in [-0.4, -0.2) is 43.1 Å². The molecular formula is C13H15NO4S. The summed E-state index contributed by atoms with van der Waals surface area (Å²) in [6.45, 7) is -0.173. The maximum absolute atomic E-state index is 12.2. The van der Waals surface area contributed by atoms with E-state index in [-0.39, 0.29) is 23.8 Å². The molecule has 0 fully saturated rings. The second kappa shape index (κ2) is 5.16. The Labute approximate surface area is 111 Å². The molecule has 6 heteroatoms. The van der Waals surface area contributed by atoms with Crippen molar-refractivity contribution in [3.8, 4) is 5.75 Å². The fourth-order valence-corrected chi connectivity index (χ4v) is 3.01. The number of phenolic OH excluding ortho intramolecular Hbond substituents is 1. The zero-order chi connectivity index (χ0) is 14.0. The Kier molecular flexibility index (Phi) is 3.75. The van der Waals surface area contributed by atoms with E-state index in [1.54, 1.807) is 24.3 Å². The molecule has 19 heavy (non-hydrogen) atoms. The van der Waals surface area contributed by atoms with Gasteiger partial charge >= 0.3 is 0 Å². The summed E-state index contributed by atoms with van der Waals surface area (Å²) < 4.78 is 25.5. The molecule has 0 atom stereocenters. The highest BCUT2D eigenvalue weighted by atomic mass is 32.2. The molecule has 0 saturated carbocycles. The van der Waals surface area contributed by atoms with Gasteiger partial charge in [0.15, 0.2) is 0 Å². The van der Waals surface area contributed by atoms with Crippen molar-refractivity contribution in [2.24, 2.45) is 0 Å². The van der Waals surface area contributed by atoms with Gasteiger partial charge in [-0.2, -0.15) is 4.31 Å². The predicted molar refractivity (Wildman–Crippen MR) is 72.5 cm³/mol. The highest BCUT2D eigenvalue weighted by molar-refractivity contribution is 7.89. The second-order valence-electron chi connectivity index (χ2n) is 4.24. The van der Waals surface area contributed by atoms with E-state index in [1.165, 1.54) is 19.2 Å². The molecular weight excluding hydrogens is 266 g/mol. The lowest BCUT2D eigenvalue weighted by atomic mass is 10.1. The molecule has 0 radical (unpaired) electrons. The number of sulfonamides is 1. The van der Waals surface area contributed by atoms with Gasteiger partial charge in [-0.25, -0.2) is 8.42 Å². The lowest BCUT2D eigenvalue weighted by molar-refractivity contribution is 0.266. The van der Waals surface area contributed by atoms with Gasteiger partial charge in [-0.05, 0) is 35.0 Å². The van der Waals surface area contributed by atoms with Crippen molar-refractivity contribution in [3.05, 3.63) is 36.4 Å². The first-order valence-corrected chi connectivity index (χ1v) is 7.19. The molecule has 0 saturated heterocycles. The summed E-state index contributed by atoms with van der Waals surface area (Å²) in [5, 5.41) is 19.7. The van der Waals surface area contributed by atoms with Gasteiger partial charge in [0, 0.05) is 13.6 Å². The molecule has 0 bridgehead atoms. The summed E-state index contributed by atoms with van der Waals surface area (Å²) in [6, 6.07) is 9.44. The van der Waals surface area contributed by atoms with Crippen LogP contribution in [0.2, 0.25) is 0 Å². The van der Waals surface area contributed by atoms with Gasteiger partial charge in [0.2, 0.25) is 10.0 Å². The van der Waals surface area contributed by atoms with Crippen molar-refractivity contribution in [2.75, 3.05) is 20.2 Å². The summed E-state index contributed by atoms with van der Waals surface area (Å²) in [6.07, 6.45) is 0. The summed E-state index contributed by atoms with van der Waals surface area (Å²) in [4.78, 5) is 0.168. The van der Waals surface area contributed by atoms with E-state index in [0.29, 0.717) is 0 Å². The van der Waals surface area contributed by atoms with Crippen LogP contribution in [0.1, 0.15) is 0 Å². The van der Waals surface area contributed by atoms with Gasteiger partial charge in [-0.15, -0.1) is 0 Å². The van der Waals surface area contributed by atoms with Crippen LogP contribution in [0.4, 0.5) is 0 Å². The van der Waals surface area contributed by atoms with Gasteiger partial charge in [0.1, 0.15) is 5.75 Å². The zero-order valence-corrected chi connectivity index (χ0v) is 11.3. The number of hydrogen-bond acceptors (Lipinski definition) is 4. The molecule has 0 aliphatic heterocycles. The molecule has 0 aliphatic carbocycles. The van der Waals surface area contributed by atoms with Crippen LogP contribution in [0, 0.1) is 0 Å². The lowest BCUT2D eigenvalue weighted by Gasteiger charge is -2.16. The van der Waals surface area contributed by atoms with Gasteiger partial charge in [0.25, 0.3) is 0 Å². The molecule has 2 aromatic carbocycles. The lowest BCUT2D eigenvalue weighted by Crippen LogP contribution is -2.29. The smallest absolute Gasteiger partial charge is 0.242 e. The number of hydrogen-bond donors (Lipinski definition) is 2. The molecule has 102 valence electrons. The van der Waals surface area contributed by atoms with Gasteiger partial charge < -0.3 is 10.2 Å². The SMILES string of the molecule is CN(CCO)S(=O)(=O)c1ccc2cc(O)ccc2c1. The second-order valence-corrected chi connectivity index (χ2v) is 6.29. The molecule has 0 aromatic heterocycles. The van der Waals surface area contributed by atoms with Crippen LogP contribution >= 0.6 is 0 Å². The third-order valence-corrected chi connectivity index (χ3v) is 4.77. The maximum Gasteiger partial charge on any atom is 0.242 e. The minimum atomic E-state index is -3.59. The topological polar surface area (TPSA) is 77.8 Å². The van der Waals surface area contributed by atoms with E-state index in [1.807, 2.05) is 0 Å². The highest BCUT2D eigenvalue weighted by Crippen LogP contribution is 2.24. The van der Waals surface area contributed by atoms with Crippen molar-refractivity contribution in [3.63, 3.8) is 0 Å². The Bertz CT molecular complexity index is 697. The molecule has 2 aromatic rings. The predicted octanol–water partition coefficient (Wildman–Crippen LogP) is 1.16. The van der Waals surface area contributed by atoms with Gasteiger partial charge in [-0.3, -0.25) is 0 Å². The minimum Gasteiger partial charge on any atom is -0.508 e. The summed E-state index contributed by atoms with van der Waals surface area (Å²) >= 11 is 0. The van der Waals surface area contributed by atoms with Crippen molar-refractivity contribution in [2.45, 2.75) is 4.90 Å². The molecule has 5 nitrogen and oxygen atoms in total. The molecule has 0 heterocycles. The Balaban J connectivity index is 2.49. The van der Waals surface area contributed by atoms with Crippen LogP contribution in [0.15, 0.2) is 41.3 Å². The first-order chi connectivity index (χ1) is 8.95. The molecule has 0 unspecified atom stereocenters. The monoisotopic (exact) mass is 281 g/mol. The quantitative estimate of drug-likeness (QED) is 0.881. The van der Waals surface area contributed by atoms with Crippen LogP contribution in [-0.2, 0) is 10.0 Å². The summed E-state index contributed by atoms with van der Waals surface area (Å²) in [7, 11) is -2.17. The highest BCUT2D eigenvalue weighted by Gasteiger charge is 2.20. The average Bonchev–Trinajstić information content (AvgIpc) is 2.38. The third-order valence-electron chi connectivity index (χ3n) is 2.92. The Morgan fingerprint density at radius 1 is 1.11 bits per heavy atom. The molecule has 0 spiro atoms. The van der Waals surface area contributed by atoms with Gasteiger partial charge in [0.05, 0.1) is 11.5 Å². The number of aromatic hydroxyl groups is 1. The van der Waals surface area contributed by atoms with E-state index in [9.17, 15) is 13.5 Å². The number of aliphatic hydroxyl groups is 1. The van der Waals surface area contributed by atoms with E-state index in [2.05, 4.69) is 0 Å². The number of nitrogens with zero attached hydrogens (tertiary/aromatic N) is 1. The van der Waals surface area contributed by atoms with Crippen molar-refractivity contribution in [1.82, 2.24) is 4.31 Å². The number of fused-ring (bicyclic) bond motifs is 1. The number of aliphatic hydroxyl groups excluding tert-OH is 1. The third kappa shape index (κ3) is 2.70. The van der Waals surface area contributed by atoms with E-state index < -0.39 is 10.0 Å². The van der Waals surface area contributed by atoms with Crippen molar-refractivity contribution < 1.29 is 18.6 Å². The van der Waals surface area contributed by atoms with E-state index >= 15 is 0 Å². The maximum atomic E-state index is 12.2. The number of benzene rings is 2. The standard InChI is InChI=1S/C13H15NO4S/c1-14(6-7-15)19(17,18)13-5-3-10-8-12(16)4-2-11(10)9-13/h2-5,8-9,15-16H,6-7H2,1H3. The minimum absolute atomic E-state index is 0.0515. The summed E-state index contributed by atoms with van der Waals surface area (Å²) in [5.41, 5.74) is 0. The van der Waals surface area contributed by atoms with Crippen LogP contribution in [0.3, 0.4) is 0 Å². The summed E-state index contributed by atoms with van der Waals surface area (Å²) in [5.74, 6) is 0.139. The number of rotatable bonds is 4. The molecule has 0 aliphatic rings. The van der Waals surface area contributed by atoms with Crippen molar-refractivity contribution in [1.29, 1.82) is 0 Å². The largest absolute Gasteiger partial charge is 0.508 e. The van der Waals surface area contributed by atoms with Crippen molar-refractivity contribution >= 4 is 20.8 Å². The number of likely N-dealkylation sites (N-methyl/N-ethyl adjacent to an activating group) is 1. The van der Waals surface area contributed by atoms with Crippen LogP contribution in [0.5, 0.6) is 5.75 Å².